The smallest absolute Gasteiger partial charge is 0.264 e. The Morgan fingerprint density at radius 3 is 2.09 bits per heavy atom. The highest BCUT2D eigenvalue weighted by Crippen LogP contribution is 2.25. The average molecular weight is 600 g/mol. The van der Waals surface area contributed by atoms with Gasteiger partial charge in [0.1, 0.15) is 18.3 Å². The van der Waals surface area contributed by atoms with E-state index in [1.165, 1.54) is 17.0 Å². The van der Waals surface area contributed by atoms with Crippen LogP contribution in [0.15, 0.2) is 114 Å². The number of nitrogens with zero attached hydrogens (tertiary/aromatic N) is 2. The maximum atomic E-state index is 14.4. The average Bonchev–Trinajstić information content (AvgIpc) is 3.02. The highest BCUT2D eigenvalue weighted by Gasteiger charge is 2.34. The van der Waals surface area contributed by atoms with Gasteiger partial charge in [0, 0.05) is 19.5 Å². The van der Waals surface area contributed by atoms with Gasteiger partial charge < -0.3 is 15.0 Å². The highest BCUT2D eigenvalue weighted by molar-refractivity contribution is 7.92. The van der Waals surface area contributed by atoms with Crippen molar-refractivity contribution in [3.05, 3.63) is 126 Å². The van der Waals surface area contributed by atoms with Crippen LogP contribution < -0.4 is 14.4 Å². The Kier molecular flexibility index (Phi) is 10.6. The van der Waals surface area contributed by atoms with Crippen molar-refractivity contribution in [1.82, 2.24) is 10.2 Å². The lowest BCUT2D eigenvalue weighted by Crippen LogP contribution is -2.53. The summed E-state index contributed by atoms with van der Waals surface area (Å²) in [7, 11) is -2.57. The van der Waals surface area contributed by atoms with Crippen LogP contribution in [-0.4, -0.2) is 51.4 Å². The molecule has 1 unspecified atom stereocenters. The lowest BCUT2D eigenvalue weighted by molar-refractivity contribution is -0.140. The molecule has 4 aromatic rings. The second kappa shape index (κ2) is 14.5. The fraction of sp³-hybridized carbons (Fsp3) is 0.235. The largest absolute Gasteiger partial charge is 0.497 e. The van der Waals surface area contributed by atoms with E-state index in [2.05, 4.69) is 5.32 Å². The van der Waals surface area contributed by atoms with Crippen molar-refractivity contribution in [1.29, 1.82) is 0 Å². The standard InChI is InChI=1S/C34H37N3O5S/c1-4-35-34(39)32(23-27-12-7-5-8-13-27)36(24-28-14-11-17-30(22-28)42-3)33(38)25-37(29-15-9-6-10-16-29)43(40,41)31-20-18-26(2)19-21-31/h5-22,32H,4,23-25H2,1-3H3,(H,35,39). The van der Waals surface area contributed by atoms with E-state index < -0.39 is 28.5 Å². The number of aryl methyl sites for hydroxylation is 1. The summed E-state index contributed by atoms with van der Waals surface area (Å²) >= 11 is 0. The summed E-state index contributed by atoms with van der Waals surface area (Å²) in [5.41, 5.74) is 2.86. The molecule has 0 saturated heterocycles. The predicted octanol–water partition coefficient (Wildman–Crippen LogP) is 4.98. The van der Waals surface area contributed by atoms with Crippen molar-refractivity contribution in [2.45, 2.75) is 37.8 Å². The van der Waals surface area contributed by atoms with Crippen LogP contribution in [0, 0.1) is 6.92 Å². The molecule has 0 bridgehead atoms. The normalized spacial score (nSPS) is 11.8. The number of amides is 2. The quantitative estimate of drug-likeness (QED) is 0.234. The molecule has 43 heavy (non-hydrogen) atoms. The first-order valence-corrected chi connectivity index (χ1v) is 15.6. The summed E-state index contributed by atoms with van der Waals surface area (Å²) in [4.78, 5) is 29.5. The number of carbonyl (C=O) groups excluding carboxylic acids is 2. The van der Waals surface area contributed by atoms with Crippen LogP contribution in [0.3, 0.4) is 0 Å². The zero-order valence-corrected chi connectivity index (χ0v) is 25.5. The maximum absolute atomic E-state index is 14.4. The Labute approximate surface area is 254 Å². The van der Waals surface area contributed by atoms with Crippen molar-refractivity contribution in [2.75, 3.05) is 24.5 Å². The van der Waals surface area contributed by atoms with E-state index in [0.717, 1.165) is 21.0 Å². The van der Waals surface area contributed by atoms with Gasteiger partial charge in [0.2, 0.25) is 11.8 Å². The first kappa shape index (κ1) is 31.3. The Hall–Kier alpha value is -4.63. The minimum atomic E-state index is -4.13. The Morgan fingerprint density at radius 1 is 0.837 bits per heavy atom. The van der Waals surface area contributed by atoms with E-state index in [1.807, 2.05) is 56.3 Å². The van der Waals surface area contributed by atoms with Crippen LogP contribution in [0.1, 0.15) is 23.6 Å². The minimum Gasteiger partial charge on any atom is -0.497 e. The molecule has 0 heterocycles. The molecule has 1 N–H and O–H groups in total. The molecule has 9 heteroatoms. The number of anilines is 1. The number of sulfonamides is 1. The molecule has 8 nitrogen and oxygen atoms in total. The van der Waals surface area contributed by atoms with Gasteiger partial charge in [-0.3, -0.25) is 13.9 Å². The van der Waals surface area contributed by atoms with E-state index in [1.54, 1.807) is 61.7 Å². The lowest BCUT2D eigenvalue weighted by atomic mass is 10.0. The number of carbonyl (C=O) groups is 2. The van der Waals surface area contributed by atoms with Crippen molar-refractivity contribution >= 4 is 27.5 Å². The van der Waals surface area contributed by atoms with Crippen molar-refractivity contribution in [3.8, 4) is 5.75 Å². The van der Waals surface area contributed by atoms with Gasteiger partial charge in [-0.2, -0.15) is 0 Å². The van der Waals surface area contributed by atoms with Crippen LogP contribution in [0.4, 0.5) is 5.69 Å². The molecule has 0 aliphatic rings. The Balaban J connectivity index is 1.78. The number of nitrogens with one attached hydrogen (secondary N) is 1. The number of methoxy groups -OCH3 is 1. The molecule has 0 aliphatic carbocycles. The van der Waals surface area contributed by atoms with Crippen LogP contribution >= 0.6 is 0 Å². The number of rotatable bonds is 13. The summed E-state index contributed by atoms with van der Waals surface area (Å²) in [6.07, 6.45) is 0.248. The molecule has 224 valence electrons. The van der Waals surface area contributed by atoms with Crippen LogP contribution in [-0.2, 0) is 32.6 Å². The summed E-state index contributed by atoms with van der Waals surface area (Å²) in [5.74, 6) is -0.236. The molecule has 0 spiro atoms. The molecule has 1 atom stereocenters. The first-order valence-electron chi connectivity index (χ1n) is 14.1. The summed E-state index contributed by atoms with van der Waals surface area (Å²) in [5, 5.41) is 2.87. The monoisotopic (exact) mass is 599 g/mol. The second-order valence-electron chi connectivity index (χ2n) is 10.1. The van der Waals surface area contributed by atoms with E-state index in [-0.39, 0.29) is 23.8 Å². The Morgan fingerprint density at radius 2 is 1.47 bits per heavy atom. The predicted molar refractivity (Wildman–Crippen MR) is 168 cm³/mol. The molecule has 4 aromatic carbocycles. The van der Waals surface area contributed by atoms with Gasteiger partial charge in [0.05, 0.1) is 17.7 Å². The zero-order valence-electron chi connectivity index (χ0n) is 24.6. The number of hydrogen-bond donors (Lipinski definition) is 1. The number of para-hydroxylation sites is 1. The van der Waals surface area contributed by atoms with Gasteiger partial charge in [-0.05, 0) is 61.4 Å². The van der Waals surface area contributed by atoms with E-state index in [9.17, 15) is 18.0 Å². The summed E-state index contributed by atoms with van der Waals surface area (Å²) < 4.78 is 34.5. The molecule has 0 aromatic heterocycles. The molecule has 0 fully saturated rings. The second-order valence-corrected chi connectivity index (χ2v) is 12.0. The third-order valence-corrected chi connectivity index (χ3v) is 8.83. The number of benzene rings is 4. The van der Waals surface area contributed by atoms with Gasteiger partial charge in [-0.15, -0.1) is 0 Å². The third kappa shape index (κ3) is 8.02. The fourth-order valence-corrected chi connectivity index (χ4v) is 6.19. The zero-order chi connectivity index (χ0) is 30.8. The third-order valence-electron chi connectivity index (χ3n) is 7.04. The number of hydrogen-bond acceptors (Lipinski definition) is 5. The van der Waals surface area contributed by atoms with Gasteiger partial charge in [-0.25, -0.2) is 8.42 Å². The first-order chi connectivity index (χ1) is 20.7. The maximum Gasteiger partial charge on any atom is 0.264 e. The topological polar surface area (TPSA) is 96.0 Å². The number of likely N-dealkylation sites (N-methyl/N-ethyl adjacent to an activating group) is 1. The van der Waals surface area contributed by atoms with Gasteiger partial charge in [0.15, 0.2) is 0 Å². The summed E-state index contributed by atoms with van der Waals surface area (Å²) in [6, 6.07) is 30.8. The van der Waals surface area contributed by atoms with Crippen molar-refractivity contribution in [2.24, 2.45) is 0 Å². The SMILES string of the molecule is CCNC(=O)C(Cc1ccccc1)N(Cc1cccc(OC)c1)C(=O)CN(c1ccccc1)S(=O)(=O)c1ccc(C)cc1. The van der Waals surface area contributed by atoms with Crippen LogP contribution in [0.2, 0.25) is 0 Å². The molecule has 2 amide bonds. The lowest BCUT2D eigenvalue weighted by Gasteiger charge is -2.34. The van der Waals surface area contributed by atoms with Crippen molar-refractivity contribution < 1.29 is 22.7 Å². The minimum absolute atomic E-state index is 0.0673. The van der Waals surface area contributed by atoms with Gasteiger partial charge in [0.25, 0.3) is 10.0 Å². The molecular weight excluding hydrogens is 562 g/mol. The van der Waals surface area contributed by atoms with Gasteiger partial charge in [-0.1, -0.05) is 78.4 Å². The van der Waals surface area contributed by atoms with Crippen molar-refractivity contribution in [3.63, 3.8) is 0 Å². The Bertz CT molecular complexity index is 1610. The van der Waals surface area contributed by atoms with Crippen LogP contribution in [0.5, 0.6) is 5.75 Å². The van der Waals surface area contributed by atoms with E-state index in [0.29, 0.717) is 18.0 Å². The summed E-state index contributed by atoms with van der Waals surface area (Å²) in [6.45, 7) is 3.63. The molecule has 4 rings (SSSR count). The molecular formula is C34H37N3O5S. The molecule has 0 radical (unpaired) electrons. The van der Waals surface area contributed by atoms with E-state index >= 15 is 0 Å². The van der Waals surface area contributed by atoms with Crippen LogP contribution in [0.25, 0.3) is 0 Å². The highest BCUT2D eigenvalue weighted by atomic mass is 32.2. The molecule has 0 saturated carbocycles. The molecule has 0 aliphatic heterocycles. The van der Waals surface area contributed by atoms with E-state index in [4.69, 9.17) is 4.74 Å². The fourth-order valence-electron chi connectivity index (χ4n) is 4.77. The number of ether oxygens (including phenoxy) is 1. The van der Waals surface area contributed by atoms with Gasteiger partial charge >= 0.3 is 0 Å².